The largest absolute Gasteiger partial charge is 0.480 e. The van der Waals surface area contributed by atoms with Crippen molar-refractivity contribution in [2.45, 2.75) is 57.7 Å². The molecule has 0 aliphatic carbocycles. The number of rotatable bonds is 4. The van der Waals surface area contributed by atoms with Crippen molar-refractivity contribution in [2.75, 3.05) is 6.54 Å². The molecule has 1 unspecified atom stereocenters. The highest BCUT2D eigenvalue weighted by Gasteiger charge is 2.25. The fourth-order valence-electron chi connectivity index (χ4n) is 2.33. The maximum absolute atomic E-state index is 10.6. The van der Waals surface area contributed by atoms with Crippen molar-refractivity contribution in [1.29, 1.82) is 0 Å². The van der Waals surface area contributed by atoms with Crippen molar-refractivity contribution in [1.82, 2.24) is 4.90 Å². The molecule has 4 heteroatoms. The van der Waals surface area contributed by atoms with Crippen molar-refractivity contribution in [3.05, 3.63) is 0 Å². The van der Waals surface area contributed by atoms with E-state index in [1.165, 1.54) is 19.3 Å². The first-order valence-electron chi connectivity index (χ1n) is 5.76. The highest BCUT2D eigenvalue weighted by molar-refractivity contribution is 5.72. The number of carboxylic acids is 1. The van der Waals surface area contributed by atoms with Gasteiger partial charge >= 0.3 is 5.97 Å². The molecule has 3 atom stereocenters. The topological polar surface area (TPSA) is 66.6 Å². The summed E-state index contributed by atoms with van der Waals surface area (Å²) in [4.78, 5) is 13.0. The second-order valence-corrected chi connectivity index (χ2v) is 4.60. The lowest BCUT2D eigenvalue weighted by atomic mass is 9.97. The normalized spacial score (nSPS) is 30.1. The van der Waals surface area contributed by atoms with Crippen molar-refractivity contribution in [3.8, 4) is 0 Å². The smallest absolute Gasteiger partial charge is 0.320 e. The predicted molar refractivity (Wildman–Crippen MR) is 59.7 cm³/mol. The first kappa shape index (κ1) is 12.5. The van der Waals surface area contributed by atoms with Crippen LogP contribution in [0.5, 0.6) is 0 Å². The monoisotopic (exact) mass is 214 g/mol. The van der Waals surface area contributed by atoms with Crippen LogP contribution in [-0.4, -0.2) is 40.6 Å². The van der Waals surface area contributed by atoms with Gasteiger partial charge in [0.15, 0.2) is 0 Å². The van der Waals surface area contributed by atoms with Crippen LogP contribution in [0.15, 0.2) is 0 Å². The van der Waals surface area contributed by atoms with Crippen molar-refractivity contribution in [2.24, 2.45) is 5.73 Å². The van der Waals surface area contributed by atoms with Crippen molar-refractivity contribution >= 4 is 5.97 Å². The molecule has 0 amide bonds. The van der Waals surface area contributed by atoms with Crippen molar-refractivity contribution < 1.29 is 9.90 Å². The molecule has 88 valence electrons. The molecule has 1 saturated heterocycles. The first-order chi connectivity index (χ1) is 7.02. The Morgan fingerprint density at radius 1 is 1.47 bits per heavy atom. The molecule has 4 nitrogen and oxygen atoms in total. The van der Waals surface area contributed by atoms with Gasteiger partial charge in [0.05, 0.1) is 0 Å². The van der Waals surface area contributed by atoms with Crippen LogP contribution >= 0.6 is 0 Å². The van der Waals surface area contributed by atoms with Gasteiger partial charge in [-0.3, -0.25) is 9.69 Å². The Bertz CT molecular complexity index is 211. The zero-order chi connectivity index (χ0) is 11.4. The van der Waals surface area contributed by atoms with Crippen LogP contribution in [0.4, 0.5) is 0 Å². The third kappa shape index (κ3) is 3.47. The van der Waals surface area contributed by atoms with Gasteiger partial charge in [-0.25, -0.2) is 0 Å². The summed E-state index contributed by atoms with van der Waals surface area (Å²) in [5.74, 6) is -0.896. The van der Waals surface area contributed by atoms with Crippen LogP contribution in [0, 0.1) is 0 Å². The van der Waals surface area contributed by atoms with Gasteiger partial charge < -0.3 is 10.8 Å². The summed E-state index contributed by atoms with van der Waals surface area (Å²) >= 11 is 0. The molecule has 0 saturated carbocycles. The van der Waals surface area contributed by atoms with Crippen LogP contribution in [0.25, 0.3) is 0 Å². The lowest BCUT2D eigenvalue weighted by Crippen LogP contribution is -2.46. The molecular weight excluding hydrogens is 192 g/mol. The number of nitrogens with zero attached hydrogens (tertiary/aromatic N) is 1. The molecule has 15 heavy (non-hydrogen) atoms. The highest BCUT2D eigenvalue weighted by Crippen LogP contribution is 2.22. The number of piperidine rings is 1. The Morgan fingerprint density at radius 3 is 2.47 bits per heavy atom. The maximum Gasteiger partial charge on any atom is 0.320 e. The SMILES string of the molecule is C[C@@H]1CCC[C@H](C)N1CCC(N)C(=O)O. The molecule has 0 aromatic rings. The fourth-order valence-corrected chi connectivity index (χ4v) is 2.33. The van der Waals surface area contributed by atoms with E-state index in [9.17, 15) is 4.79 Å². The molecule has 1 aliphatic rings. The zero-order valence-corrected chi connectivity index (χ0v) is 9.65. The Morgan fingerprint density at radius 2 is 2.00 bits per heavy atom. The lowest BCUT2D eigenvalue weighted by Gasteiger charge is -2.39. The molecule has 0 aromatic heterocycles. The van der Waals surface area contributed by atoms with Crippen LogP contribution in [-0.2, 0) is 4.79 Å². The third-order valence-electron chi connectivity index (χ3n) is 3.39. The van der Waals surface area contributed by atoms with Gasteiger partial charge in [0.25, 0.3) is 0 Å². The van der Waals surface area contributed by atoms with Gasteiger partial charge in [0, 0.05) is 18.6 Å². The third-order valence-corrected chi connectivity index (χ3v) is 3.39. The number of hydrogen-bond donors (Lipinski definition) is 2. The molecule has 1 rings (SSSR count). The lowest BCUT2D eigenvalue weighted by molar-refractivity contribution is -0.138. The molecule has 0 radical (unpaired) electrons. The van der Waals surface area contributed by atoms with Crippen LogP contribution in [0.2, 0.25) is 0 Å². The van der Waals surface area contributed by atoms with E-state index in [4.69, 9.17) is 10.8 Å². The number of carboxylic acid groups (broad SMARTS) is 1. The minimum Gasteiger partial charge on any atom is -0.480 e. The zero-order valence-electron chi connectivity index (χ0n) is 9.65. The molecule has 1 fully saturated rings. The van der Waals surface area contributed by atoms with E-state index in [0.29, 0.717) is 18.5 Å². The summed E-state index contributed by atoms with van der Waals surface area (Å²) in [5.41, 5.74) is 5.50. The Labute approximate surface area is 91.4 Å². The van der Waals surface area contributed by atoms with Gasteiger partial charge in [0.1, 0.15) is 6.04 Å². The van der Waals surface area contributed by atoms with Gasteiger partial charge in [-0.05, 0) is 33.1 Å². The van der Waals surface area contributed by atoms with E-state index in [1.54, 1.807) is 0 Å². The summed E-state index contributed by atoms with van der Waals surface area (Å²) in [5, 5.41) is 8.70. The Kier molecular flexibility index (Phi) is 4.54. The van der Waals surface area contributed by atoms with Crippen LogP contribution < -0.4 is 5.73 Å². The quantitative estimate of drug-likeness (QED) is 0.734. The average Bonchev–Trinajstić information content (AvgIpc) is 2.16. The average molecular weight is 214 g/mol. The van der Waals surface area contributed by atoms with E-state index in [1.807, 2.05) is 0 Å². The van der Waals surface area contributed by atoms with E-state index < -0.39 is 12.0 Å². The molecule has 0 bridgehead atoms. The Hall–Kier alpha value is -0.610. The van der Waals surface area contributed by atoms with E-state index in [0.717, 1.165) is 6.54 Å². The van der Waals surface area contributed by atoms with Gasteiger partial charge in [0.2, 0.25) is 0 Å². The summed E-state index contributed by atoms with van der Waals surface area (Å²) in [6.45, 7) is 5.22. The molecular formula is C11H22N2O2. The number of likely N-dealkylation sites (tertiary alicyclic amines) is 1. The molecule has 0 spiro atoms. The van der Waals surface area contributed by atoms with Crippen LogP contribution in [0.3, 0.4) is 0 Å². The minimum atomic E-state index is -0.896. The Balaban J connectivity index is 2.38. The minimum absolute atomic E-state index is 0.546. The second kappa shape index (κ2) is 5.47. The number of aliphatic carboxylic acids is 1. The van der Waals surface area contributed by atoms with Gasteiger partial charge in [-0.2, -0.15) is 0 Å². The van der Waals surface area contributed by atoms with Crippen molar-refractivity contribution in [3.63, 3.8) is 0 Å². The number of hydrogen-bond acceptors (Lipinski definition) is 3. The molecule has 1 heterocycles. The number of nitrogens with two attached hydrogens (primary N) is 1. The second-order valence-electron chi connectivity index (χ2n) is 4.60. The van der Waals surface area contributed by atoms with Gasteiger partial charge in [-0.1, -0.05) is 6.42 Å². The summed E-state index contributed by atoms with van der Waals surface area (Å²) in [6, 6.07) is 0.413. The highest BCUT2D eigenvalue weighted by atomic mass is 16.4. The fraction of sp³-hybridized carbons (Fsp3) is 0.909. The van der Waals surface area contributed by atoms with Crippen LogP contribution in [0.1, 0.15) is 39.5 Å². The van der Waals surface area contributed by atoms with Gasteiger partial charge in [-0.15, -0.1) is 0 Å². The summed E-state index contributed by atoms with van der Waals surface area (Å²) in [7, 11) is 0. The molecule has 0 aromatic carbocycles. The predicted octanol–water partition coefficient (Wildman–Crippen LogP) is 1.05. The first-order valence-corrected chi connectivity index (χ1v) is 5.76. The number of carbonyl (C=O) groups is 1. The molecule has 1 aliphatic heterocycles. The molecule has 3 N–H and O–H groups in total. The summed E-state index contributed by atoms with van der Waals surface area (Å²) < 4.78 is 0. The standard InChI is InChI=1S/C11H22N2O2/c1-8-4-3-5-9(2)13(8)7-6-10(12)11(14)15/h8-10H,3-7,12H2,1-2H3,(H,14,15)/t8-,9+,10?. The van der Waals surface area contributed by atoms with E-state index >= 15 is 0 Å². The van der Waals surface area contributed by atoms with E-state index in [-0.39, 0.29) is 0 Å². The van der Waals surface area contributed by atoms with E-state index in [2.05, 4.69) is 18.7 Å². The maximum atomic E-state index is 10.6. The summed E-state index contributed by atoms with van der Waals surface area (Å²) in [6.07, 6.45) is 4.26.